The predicted molar refractivity (Wildman–Crippen MR) is 75.9 cm³/mol. The number of hydrogen-bond donors (Lipinski definition) is 1. The van der Waals surface area contributed by atoms with Crippen LogP contribution in [0.1, 0.15) is 45.4 Å². The van der Waals surface area contributed by atoms with Crippen molar-refractivity contribution < 1.29 is 4.74 Å². The highest BCUT2D eigenvalue weighted by molar-refractivity contribution is 4.92. The Morgan fingerprint density at radius 3 is 2.50 bits per heavy atom. The Hall–Kier alpha value is -0.120. The molecule has 0 spiro atoms. The second-order valence-corrected chi connectivity index (χ2v) is 6.06. The van der Waals surface area contributed by atoms with Crippen LogP contribution in [-0.4, -0.2) is 50.3 Å². The lowest BCUT2D eigenvalue weighted by Gasteiger charge is -2.45. The minimum absolute atomic E-state index is 0.681. The molecule has 0 aromatic carbocycles. The van der Waals surface area contributed by atoms with Gasteiger partial charge in [0.05, 0.1) is 0 Å². The zero-order valence-electron chi connectivity index (χ0n) is 12.3. The molecule has 2 fully saturated rings. The van der Waals surface area contributed by atoms with E-state index in [1.54, 1.807) is 0 Å². The SMILES string of the molecule is CCC1CCC(NC)C(N(C)C2CCOCC2)C1. The Labute approximate surface area is 112 Å². The Bertz CT molecular complexity index is 241. The van der Waals surface area contributed by atoms with Crippen LogP contribution in [0.2, 0.25) is 0 Å². The smallest absolute Gasteiger partial charge is 0.0480 e. The molecule has 18 heavy (non-hydrogen) atoms. The average Bonchev–Trinajstić information content (AvgIpc) is 2.46. The zero-order valence-corrected chi connectivity index (χ0v) is 12.3. The molecule has 0 bridgehead atoms. The Kier molecular flexibility index (Phi) is 5.46. The molecule has 1 saturated heterocycles. The van der Waals surface area contributed by atoms with Crippen molar-refractivity contribution in [3.8, 4) is 0 Å². The lowest BCUT2D eigenvalue weighted by molar-refractivity contribution is 0.00882. The van der Waals surface area contributed by atoms with E-state index in [1.807, 2.05) is 0 Å². The third-order valence-electron chi connectivity index (χ3n) is 5.16. The third kappa shape index (κ3) is 3.25. The Morgan fingerprint density at radius 2 is 1.89 bits per heavy atom. The predicted octanol–water partition coefficient (Wildman–Crippen LogP) is 2.26. The summed E-state index contributed by atoms with van der Waals surface area (Å²) in [6, 6.07) is 2.13. The molecule has 1 aliphatic heterocycles. The van der Waals surface area contributed by atoms with E-state index in [0.717, 1.165) is 31.2 Å². The van der Waals surface area contributed by atoms with Gasteiger partial charge in [0, 0.05) is 31.3 Å². The first-order valence-corrected chi connectivity index (χ1v) is 7.73. The van der Waals surface area contributed by atoms with Crippen LogP contribution in [0, 0.1) is 5.92 Å². The zero-order chi connectivity index (χ0) is 13.0. The van der Waals surface area contributed by atoms with Gasteiger partial charge in [0.1, 0.15) is 0 Å². The van der Waals surface area contributed by atoms with E-state index >= 15 is 0 Å². The minimum atomic E-state index is 0.681. The average molecular weight is 254 g/mol. The Balaban J connectivity index is 1.97. The van der Waals surface area contributed by atoms with Gasteiger partial charge in [-0.3, -0.25) is 4.90 Å². The monoisotopic (exact) mass is 254 g/mol. The maximum absolute atomic E-state index is 5.49. The number of nitrogens with zero attached hydrogens (tertiary/aromatic N) is 1. The first-order chi connectivity index (χ1) is 8.76. The second kappa shape index (κ2) is 6.88. The lowest BCUT2D eigenvalue weighted by atomic mass is 9.79. The maximum Gasteiger partial charge on any atom is 0.0480 e. The molecular formula is C15H30N2O. The molecule has 3 nitrogen and oxygen atoms in total. The standard InChI is InChI=1S/C15H30N2O/c1-4-12-5-6-14(16-2)15(11-12)17(3)13-7-9-18-10-8-13/h12-16H,4-11H2,1-3H3. The van der Waals surface area contributed by atoms with Crippen LogP contribution in [-0.2, 0) is 4.74 Å². The van der Waals surface area contributed by atoms with Crippen molar-refractivity contribution in [2.24, 2.45) is 5.92 Å². The van der Waals surface area contributed by atoms with Crippen molar-refractivity contribution in [3.63, 3.8) is 0 Å². The highest BCUT2D eigenvalue weighted by atomic mass is 16.5. The molecule has 1 aliphatic carbocycles. The highest BCUT2D eigenvalue weighted by Crippen LogP contribution is 2.31. The van der Waals surface area contributed by atoms with Gasteiger partial charge in [-0.25, -0.2) is 0 Å². The first-order valence-electron chi connectivity index (χ1n) is 7.73. The van der Waals surface area contributed by atoms with Gasteiger partial charge in [0.25, 0.3) is 0 Å². The highest BCUT2D eigenvalue weighted by Gasteiger charge is 2.34. The van der Waals surface area contributed by atoms with Crippen molar-refractivity contribution in [1.29, 1.82) is 0 Å². The van der Waals surface area contributed by atoms with Gasteiger partial charge in [-0.1, -0.05) is 13.3 Å². The molecule has 1 heterocycles. The van der Waals surface area contributed by atoms with Crippen LogP contribution in [0.5, 0.6) is 0 Å². The van der Waals surface area contributed by atoms with Gasteiger partial charge in [0.15, 0.2) is 0 Å². The maximum atomic E-state index is 5.49. The molecule has 3 heteroatoms. The van der Waals surface area contributed by atoms with E-state index in [0.29, 0.717) is 6.04 Å². The number of hydrogen-bond acceptors (Lipinski definition) is 3. The fourth-order valence-electron chi connectivity index (χ4n) is 3.75. The van der Waals surface area contributed by atoms with Gasteiger partial charge in [-0.15, -0.1) is 0 Å². The third-order valence-corrected chi connectivity index (χ3v) is 5.16. The normalized spacial score (nSPS) is 35.0. The van der Waals surface area contributed by atoms with E-state index in [4.69, 9.17) is 4.74 Å². The summed E-state index contributed by atoms with van der Waals surface area (Å²) in [5, 5.41) is 3.55. The summed E-state index contributed by atoms with van der Waals surface area (Å²) in [6.07, 6.45) is 7.87. The van der Waals surface area contributed by atoms with E-state index in [9.17, 15) is 0 Å². The fourth-order valence-corrected chi connectivity index (χ4v) is 3.75. The number of likely N-dealkylation sites (N-methyl/N-ethyl adjacent to an activating group) is 2. The summed E-state index contributed by atoms with van der Waals surface area (Å²) in [7, 11) is 4.46. The van der Waals surface area contributed by atoms with E-state index in [1.165, 1.54) is 38.5 Å². The molecular weight excluding hydrogens is 224 g/mol. The van der Waals surface area contributed by atoms with Gasteiger partial charge >= 0.3 is 0 Å². The van der Waals surface area contributed by atoms with Crippen LogP contribution >= 0.6 is 0 Å². The fraction of sp³-hybridized carbons (Fsp3) is 1.00. The summed E-state index contributed by atoms with van der Waals surface area (Å²) < 4.78 is 5.49. The molecule has 0 aromatic heterocycles. The van der Waals surface area contributed by atoms with Crippen molar-refractivity contribution in [2.45, 2.75) is 63.6 Å². The van der Waals surface area contributed by atoms with Crippen molar-refractivity contribution in [1.82, 2.24) is 10.2 Å². The molecule has 0 amide bonds. The van der Waals surface area contributed by atoms with Gasteiger partial charge in [0.2, 0.25) is 0 Å². The van der Waals surface area contributed by atoms with Crippen molar-refractivity contribution in [3.05, 3.63) is 0 Å². The molecule has 3 unspecified atom stereocenters. The molecule has 106 valence electrons. The van der Waals surface area contributed by atoms with Gasteiger partial charge < -0.3 is 10.1 Å². The van der Waals surface area contributed by atoms with Gasteiger partial charge in [-0.2, -0.15) is 0 Å². The number of nitrogens with one attached hydrogen (secondary N) is 1. The van der Waals surface area contributed by atoms with Crippen LogP contribution in [0.15, 0.2) is 0 Å². The largest absolute Gasteiger partial charge is 0.381 e. The lowest BCUT2D eigenvalue weighted by Crippen LogP contribution is -2.54. The molecule has 2 rings (SSSR count). The van der Waals surface area contributed by atoms with E-state index < -0.39 is 0 Å². The molecule has 3 atom stereocenters. The number of ether oxygens (including phenoxy) is 1. The van der Waals surface area contributed by atoms with Crippen molar-refractivity contribution in [2.75, 3.05) is 27.3 Å². The molecule has 1 N–H and O–H groups in total. The Morgan fingerprint density at radius 1 is 1.17 bits per heavy atom. The minimum Gasteiger partial charge on any atom is -0.381 e. The van der Waals surface area contributed by atoms with Crippen LogP contribution in [0.4, 0.5) is 0 Å². The van der Waals surface area contributed by atoms with E-state index in [2.05, 4.69) is 31.2 Å². The molecule has 2 aliphatic rings. The molecule has 0 aromatic rings. The quantitative estimate of drug-likeness (QED) is 0.833. The van der Waals surface area contributed by atoms with E-state index in [-0.39, 0.29) is 0 Å². The summed E-state index contributed by atoms with van der Waals surface area (Å²) in [6.45, 7) is 4.24. The summed E-state index contributed by atoms with van der Waals surface area (Å²) in [4.78, 5) is 2.66. The summed E-state index contributed by atoms with van der Waals surface area (Å²) in [5.41, 5.74) is 0. The van der Waals surface area contributed by atoms with Crippen LogP contribution in [0.3, 0.4) is 0 Å². The van der Waals surface area contributed by atoms with Crippen molar-refractivity contribution >= 4 is 0 Å². The second-order valence-electron chi connectivity index (χ2n) is 6.06. The van der Waals surface area contributed by atoms with Gasteiger partial charge in [-0.05, 0) is 52.1 Å². The summed E-state index contributed by atoms with van der Waals surface area (Å²) in [5.74, 6) is 0.932. The first kappa shape index (κ1) is 14.3. The molecule has 0 radical (unpaired) electrons. The topological polar surface area (TPSA) is 24.5 Å². The summed E-state index contributed by atoms with van der Waals surface area (Å²) >= 11 is 0. The number of rotatable bonds is 4. The van der Waals surface area contributed by atoms with Crippen LogP contribution in [0.25, 0.3) is 0 Å². The van der Waals surface area contributed by atoms with Crippen LogP contribution < -0.4 is 5.32 Å². The molecule has 1 saturated carbocycles.